The highest BCUT2D eigenvalue weighted by Crippen LogP contribution is 2.22. The number of piperazine rings is 1. The van der Waals surface area contributed by atoms with Gasteiger partial charge in [-0.15, -0.1) is 0 Å². The topological polar surface area (TPSA) is 78.7 Å². The van der Waals surface area contributed by atoms with Gasteiger partial charge in [0, 0.05) is 31.9 Å². The van der Waals surface area contributed by atoms with E-state index in [4.69, 9.17) is 17.3 Å². The molecule has 108 valence electrons. The molecule has 0 spiro atoms. The van der Waals surface area contributed by atoms with Crippen LogP contribution >= 0.6 is 11.6 Å². The van der Waals surface area contributed by atoms with E-state index in [9.17, 15) is 9.59 Å². The average molecular weight is 297 g/mol. The zero-order chi connectivity index (χ0) is 14.7. The van der Waals surface area contributed by atoms with Crippen molar-refractivity contribution in [2.24, 2.45) is 0 Å². The number of nitrogens with zero attached hydrogens (tertiary/aromatic N) is 2. The number of anilines is 2. The minimum atomic E-state index is -0.657. The van der Waals surface area contributed by atoms with Crippen molar-refractivity contribution < 1.29 is 9.59 Å². The van der Waals surface area contributed by atoms with E-state index in [1.54, 1.807) is 17.0 Å². The molecule has 1 aliphatic heterocycles. The Morgan fingerprint density at radius 3 is 2.50 bits per heavy atom. The van der Waals surface area contributed by atoms with Crippen molar-refractivity contribution in [2.75, 3.05) is 44.3 Å². The van der Waals surface area contributed by atoms with Gasteiger partial charge in [-0.05, 0) is 25.2 Å². The molecule has 0 radical (unpaired) electrons. The van der Waals surface area contributed by atoms with E-state index in [2.05, 4.69) is 10.2 Å². The highest BCUT2D eigenvalue weighted by atomic mass is 35.5. The van der Waals surface area contributed by atoms with Crippen LogP contribution in [0.4, 0.5) is 11.4 Å². The molecule has 0 saturated carbocycles. The fraction of sp³-hybridized carbons (Fsp3) is 0.385. The summed E-state index contributed by atoms with van der Waals surface area (Å²) in [7, 11) is 1.98. The van der Waals surface area contributed by atoms with Crippen molar-refractivity contribution in [3.8, 4) is 0 Å². The lowest BCUT2D eigenvalue weighted by molar-refractivity contribution is -0.144. The molecule has 0 aromatic heterocycles. The summed E-state index contributed by atoms with van der Waals surface area (Å²) in [4.78, 5) is 27.6. The number of nitrogens with one attached hydrogen (secondary N) is 1. The molecule has 3 N–H and O–H groups in total. The van der Waals surface area contributed by atoms with Gasteiger partial charge in [-0.2, -0.15) is 0 Å². The Labute approximate surface area is 122 Å². The number of rotatable bonds is 1. The third-order valence-electron chi connectivity index (χ3n) is 3.24. The van der Waals surface area contributed by atoms with Gasteiger partial charge in [-0.3, -0.25) is 9.59 Å². The van der Waals surface area contributed by atoms with Crippen LogP contribution in [0.15, 0.2) is 18.2 Å². The van der Waals surface area contributed by atoms with Gasteiger partial charge in [0.2, 0.25) is 0 Å². The molecule has 0 aliphatic carbocycles. The Balaban J connectivity index is 1.97. The van der Waals surface area contributed by atoms with Gasteiger partial charge in [0.15, 0.2) is 0 Å². The largest absolute Gasteiger partial charge is 0.398 e. The summed E-state index contributed by atoms with van der Waals surface area (Å²) in [6.07, 6.45) is 0. The third-order valence-corrected chi connectivity index (χ3v) is 3.57. The summed E-state index contributed by atoms with van der Waals surface area (Å²) >= 11 is 5.86. The highest BCUT2D eigenvalue weighted by molar-refractivity contribution is 6.40. The lowest BCUT2D eigenvalue weighted by Crippen LogP contribution is -2.50. The smallest absolute Gasteiger partial charge is 0.313 e. The maximum Gasteiger partial charge on any atom is 0.313 e. The third kappa shape index (κ3) is 3.40. The molecule has 1 aliphatic rings. The molecule has 0 unspecified atom stereocenters. The monoisotopic (exact) mass is 296 g/mol. The summed E-state index contributed by atoms with van der Waals surface area (Å²) in [5.41, 5.74) is 6.47. The molecule has 1 fully saturated rings. The molecule has 0 bridgehead atoms. The molecule has 6 nitrogen and oxygen atoms in total. The first-order chi connectivity index (χ1) is 9.47. The molecule has 2 amide bonds. The number of carbonyl (C=O) groups is 2. The van der Waals surface area contributed by atoms with Crippen LogP contribution in [0.5, 0.6) is 0 Å². The average Bonchev–Trinajstić information content (AvgIpc) is 2.43. The van der Waals surface area contributed by atoms with Crippen molar-refractivity contribution >= 4 is 34.8 Å². The van der Waals surface area contributed by atoms with E-state index in [0.29, 0.717) is 29.5 Å². The fourth-order valence-corrected chi connectivity index (χ4v) is 2.12. The quantitative estimate of drug-likeness (QED) is 0.589. The van der Waals surface area contributed by atoms with Crippen LogP contribution in [-0.2, 0) is 9.59 Å². The van der Waals surface area contributed by atoms with Crippen LogP contribution in [0.3, 0.4) is 0 Å². The van der Waals surface area contributed by atoms with E-state index in [1.807, 2.05) is 7.05 Å². The molecule has 1 heterocycles. The standard InChI is InChI=1S/C13H17ClN4O2/c1-17-4-6-18(7-5-17)13(20)12(19)16-9-2-3-11(15)10(14)8-9/h2-3,8H,4-7,15H2,1H3,(H,16,19). The first-order valence-electron chi connectivity index (χ1n) is 6.31. The van der Waals surface area contributed by atoms with Crippen molar-refractivity contribution in [3.63, 3.8) is 0 Å². The molecule has 1 aromatic carbocycles. The van der Waals surface area contributed by atoms with Crippen molar-refractivity contribution in [2.45, 2.75) is 0 Å². The summed E-state index contributed by atoms with van der Waals surface area (Å²) in [6, 6.07) is 4.71. The van der Waals surface area contributed by atoms with Gasteiger partial charge in [-0.25, -0.2) is 0 Å². The lowest BCUT2D eigenvalue weighted by atomic mass is 10.2. The number of nitrogens with two attached hydrogens (primary N) is 1. The molecule has 2 rings (SSSR count). The zero-order valence-corrected chi connectivity index (χ0v) is 12.0. The molecule has 1 aromatic rings. The summed E-state index contributed by atoms with van der Waals surface area (Å²) in [5, 5.41) is 2.88. The Morgan fingerprint density at radius 1 is 1.25 bits per heavy atom. The number of benzene rings is 1. The summed E-state index contributed by atoms with van der Waals surface area (Å²) in [6.45, 7) is 2.66. The number of hydrogen-bond donors (Lipinski definition) is 2. The number of hydrogen-bond acceptors (Lipinski definition) is 4. The number of amides is 2. The van der Waals surface area contributed by atoms with Gasteiger partial charge >= 0.3 is 11.8 Å². The first-order valence-corrected chi connectivity index (χ1v) is 6.69. The first kappa shape index (κ1) is 14.6. The Hall–Kier alpha value is -1.79. The van der Waals surface area contributed by atoms with Crippen LogP contribution in [0.1, 0.15) is 0 Å². The number of nitrogen functional groups attached to an aromatic ring is 1. The minimum Gasteiger partial charge on any atom is -0.398 e. The number of halogens is 1. The normalized spacial score (nSPS) is 16.0. The van der Waals surface area contributed by atoms with Gasteiger partial charge in [0.25, 0.3) is 0 Å². The molecule has 1 saturated heterocycles. The van der Waals surface area contributed by atoms with Crippen LogP contribution in [0, 0.1) is 0 Å². The summed E-state index contributed by atoms with van der Waals surface area (Å²) < 4.78 is 0. The van der Waals surface area contributed by atoms with Crippen LogP contribution in [0.25, 0.3) is 0 Å². The van der Waals surface area contributed by atoms with Gasteiger partial charge in [0.05, 0.1) is 10.7 Å². The SMILES string of the molecule is CN1CCN(C(=O)C(=O)Nc2ccc(N)c(Cl)c2)CC1. The number of carbonyl (C=O) groups excluding carboxylic acids is 2. The van der Waals surface area contributed by atoms with Crippen LogP contribution in [-0.4, -0.2) is 54.8 Å². The maximum absolute atomic E-state index is 12.0. The van der Waals surface area contributed by atoms with Crippen molar-refractivity contribution in [1.82, 2.24) is 9.80 Å². The van der Waals surface area contributed by atoms with E-state index in [0.717, 1.165) is 13.1 Å². The minimum absolute atomic E-state index is 0.342. The Bertz CT molecular complexity index is 527. The molecule has 20 heavy (non-hydrogen) atoms. The van der Waals surface area contributed by atoms with Gasteiger partial charge in [-0.1, -0.05) is 11.6 Å². The molecule has 7 heteroatoms. The molecule has 0 atom stereocenters. The van der Waals surface area contributed by atoms with E-state index >= 15 is 0 Å². The summed E-state index contributed by atoms with van der Waals surface area (Å²) in [5.74, 6) is -1.18. The Kier molecular flexibility index (Phi) is 4.46. The van der Waals surface area contributed by atoms with Crippen molar-refractivity contribution in [3.05, 3.63) is 23.2 Å². The second-order valence-corrected chi connectivity index (χ2v) is 5.19. The second-order valence-electron chi connectivity index (χ2n) is 4.79. The van der Waals surface area contributed by atoms with Gasteiger partial charge < -0.3 is 20.9 Å². The second kappa shape index (κ2) is 6.11. The highest BCUT2D eigenvalue weighted by Gasteiger charge is 2.24. The Morgan fingerprint density at radius 2 is 1.90 bits per heavy atom. The van der Waals surface area contributed by atoms with E-state index in [1.165, 1.54) is 6.07 Å². The van der Waals surface area contributed by atoms with Crippen molar-refractivity contribution in [1.29, 1.82) is 0 Å². The molecular weight excluding hydrogens is 280 g/mol. The van der Waals surface area contributed by atoms with Crippen LogP contribution in [0.2, 0.25) is 5.02 Å². The maximum atomic E-state index is 12.0. The predicted octanol–water partition coefficient (Wildman–Crippen LogP) is 0.635. The number of likely N-dealkylation sites (N-methyl/N-ethyl adjacent to an activating group) is 1. The van der Waals surface area contributed by atoms with Gasteiger partial charge in [0.1, 0.15) is 0 Å². The zero-order valence-electron chi connectivity index (χ0n) is 11.2. The lowest BCUT2D eigenvalue weighted by Gasteiger charge is -2.31. The predicted molar refractivity (Wildman–Crippen MR) is 78.6 cm³/mol. The fourth-order valence-electron chi connectivity index (χ4n) is 1.94. The van der Waals surface area contributed by atoms with E-state index in [-0.39, 0.29) is 0 Å². The van der Waals surface area contributed by atoms with Crippen LogP contribution < -0.4 is 11.1 Å². The van der Waals surface area contributed by atoms with E-state index < -0.39 is 11.8 Å². The molecular formula is C13H17ClN4O2.